The molecule has 12 heteroatoms. The van der Waals surface area contributed by atoms with Gasteiger partial charge in [0.1, 0.15) is 6.04 Å². The Hall–Kier alpha value is -2.50. The number of nitrogens with zero attached hydrogens (tertiary/aromatic N) is 1. The standard InChI is InChI=1S/C26H38F6N4O2/c1-23(2,3)19(15-36-10-8-7-9-11-36)34-21(37)20(24(4,5)6)35-22(38)33-18-13-16(25(27,28)29)12-17(14-18)26(30,31)32/h12-14,19-20H,7-11,15H2,1-6H3,(H,34,37)(H2,33,35,38)/t19-,20-/m1/s1. The van der Waals surface area contributed by atoms with E-state index in [4.69, 9.17) is 0 Å². The van der Waals surface area contributed by atoms with E-state index in [2.05, 4.69) is 15.5 Å². The molecule has 6 nitrogen and oxygen atoms in total. The van der Waals surface area contributed by atoms with Crippen molar-refractivity contribution in [1.29, 1.82) is 0 Å². The number of hydrogen-bond acceptors (Lipinski definition) is 3. The Morgan fingerprint density at radius 1 is 0.789 bits per heavy atom. The minimum atomic E-state index is -5.06. The second kappa shape index (κ2) is 11.7. The highest BCUT2D eigenvalue weighted by molar-refractivity contribution is 5.94. The highest BCUT2D eigenvalue weighted by Gasteiger charge is 2.39. The summed E-state index contributed by atoms with van der Waals surface area (Å²) in [7, 11) is 0. The molecule has 0 aromatic heterocycles. The van der Waals surface area contributed by atoms with E-state index in [-0.39, 0.29) is 17.5 Å². The monoisotopic (exact) mass is 552 g/mol. The second-order valence-electron chi connectivity index (χ2n) is 12.0. The summed E-state index contributed by atoms with van der Waals surface area (Å²) >= 11 is 0. The molecule has 1 aliphatic heterocycles. The normalized spacial score (nSPS) is 17.5. The van der Waals surface area contributed by atoms with Crippen molar-refractivity contribution in [1.82, 2.24) is 15.5 Å². The lowest BCUT2D eigenvalue weighted by molar-refractivity contribution is -0.143. The van der Waals surface area contributed by atoms with E-state index in [1.165, 1.54) is 0 Å². The third-order valence-corrected chi connectivity index (χ3v) is 6.50. The maximum absolute atomic E-state index is 13.4. The Labute approximate surface area is 219 Å². The number of halogens is 6. The lowest BCUT2D eigenvalue weighted by Gasteiger charge is -2.39. The first-order chi connectivity index (χ1) is 17.2. The largest absolute Gasteiger partial charge is 0.416 e. The van der Waals surface area contributed by atoms with Crippen LogP contribution in [-0.4, -0.2) is 48.6 Å². The van der Waals surface area contributed by atoms with Gasteiger partial charge in [-0.3, -0.25) is 4.79 Å². The van der Waals surface area contributed by atoms with Crippen molar-refractivity contribution in [2.24, 2.45) is 10.8 Å². The Bertz CT molecular complexity index is 942. The van der Waals surface area contributed by atoms with Gasteiger partial charge in [-0.25, -0.2) is 4.79 Å². The summed E-state index contributed by atoms with van der Waals surface area (Å²) in [5.41, 5.74) is -4.95. The first-order valence-electron chi connectivity index (χ1n) is 12.6. The summed E-state index contributed by atoms with van der Waals surface area (Å²) in [6.07, 6.45) is -6.81. The van der Waals surface area contributed by atoms with Gasteiger partial charge in [0.25, 0.3) is 0 Å². The van der Waals surface area contributed by atoms with Crippen LogP contribution in [0.1, 0.15) is 71.9 Å². The predicted octanol–water partition coefficient (Wildman–Crippen LogP) is 6.28. The van der Waals surface area contributed by atoms with Crippen molar-refractivity contribution >= 4 is 17.6 Å². The Balaban J connectivity index is 2.23. The fourth-order valence-electron chi connectivity index (χ4n) is 4.19. The van der Waals surface area contributed by atoms with Crippen LogP contribution in [0.3, 0.4) is 0 Å². The van der Waals surface area contributed by atoms with E-state index in [9.17, 15) is 35.9 Å². The Morgan fingerprint density at radius 2 is 1.29 bits per heavy atom. The summed E-state index contributed by atoms with van der Waals surface area (Å²) in [5, 5.41) is 7.50. The second-order valence-corrected chi connectivity index (χ2v) is 12.0. The van der Waals surface area contributed by atoms with Crippen LogP contribution in [-0.2, 0) is 17.1 Å². The zero-order valence-electron chi connectivity index (χ0n) is 22.7. The number of piperidine rings is 1. The minimum absolute atomic E-state index is 0.0243. The summed E-state index contributed by atoms with van der Waals surface area (Å²) in [6, 6.07) is -1.69. The molecule has 3 amide bonds. The molecule has 1 fully saturated rings. The van der Waals surface area contributed by atoms with Crippen molar-refractivity contribution in [3.05, 3.63) is 29.3 Å². The quantitative estimate of drug-likeness (QED) is 0.364. The molecule has 0 saturated carbocycles. The zero-order chi connectivity index (χ0) is 29.1. The molecular formula is C26H38F6N4O2. The number of urea groups is 1. The predicted molar refractivity (Wildman–Crippen MR) is 134 cm³/mol. The number of anilines is 1. The zero-order valence-corrected chi connectivity index (χ0v) is 22.7. The number of rotatable bonds is 6. The smallest absolute Gasteiger partial charge is 0.350 e. The lowest BCUT2D eigenvalue weighted by atomic mass is 9.83. The topological polar surface area (TPSA) is 73.5 Å². The Morgan fingerprint density at radius 3 is 1.71 bits per heavy atom. The van der Waals surface area contributed by atoms with Crippen LogP contribution < -0.4 is 16.0 Å². The maximum Gasteiger partial charge on any atom is 0.416 e. The van der Waals surface area contributed by atoms with Gasteiger partial charge in [0.05, 0.1) is 11.1 Å². The van der Waals surface area contributed by atoms with Gasteiger partial charge in [-0.15, -0.1) is 0 Å². The van der Waals surface area contributed by atoms with Crippen LogP contribution in [0.4, 0.5) is 36.8 Å². The van der Waals surface area contributed by atoms with E-state index in [0.29, 0.717) is 18.7 Å². The fraction of sp³-hybridized carbons (Fsp3) is 0.692. The van der Waals surface area contributed by atoms with Crippen LogP contribution in [0.25, 0.3) is 0 Å². The molecule has 1 aromatic rings. The molecule has 1 aromatic carbocycles. The highest BCUT2D eigenvalue weighted by atomic mass is 19.4. The summed E-state index contributed by atoms with van der Waals surface area (Å²) in [4.78, 5) is 28.4. The van der Waals surface area contributed by atoms with Crippen molar-refractivity contribution < 1.29 is 35.9 Å². The van der Waals surface area contributed by atoms with Gasteiger partial charge in [0.15, 0.2) is 0 Å². The Kier molecular flexibility index (Phi) is 9.77. The third kappa shape index (κ3) is 9.36. The van der Waals surface area contributed by atoms with Crippen LogP contribution in [0.2, 0.25) is 0 Å². The number of benzene rings is 1. The molecule has 216 valence electrons. The molecule has 0 aliphatic carbocycles. The highest BCUT2D eigenvalue weighted by Crippen LogP contribution is 2.37. The fourth-order valence-corrected chi connectivity index (χ4v) is 4.19. The van der Waals surface area contributed by atoms with E-state index in [1.807, 2.05) is 26.1 Å². The van der Waals surface area contributed by atoms with Crippen LogP contribution in [0.15, 0.2) is 18.2 Å². The summed E-state index contributed by atoms with van der Waals surface area (Å²) in [5.74, 6) is -0.496. The number of nitrogens with one attached hydrogen (secondary N) is 3. The molecule has 1 heterocycles. The van der Waals surface area contributed by atoms with Crippen molar-refractivity contribution in [2.75, 3.05) is 25.0 Å². The summed E-state index contributed by atoms with van der Waals surface area (Å²) in [6.45, 7) is 13.5. The van der Waals surface area contributed by atoms with Gasteiger partial charge < -0.3 is 20.9 Å². The summed E-state index contributed by atoms with van der Waals surface area (Å²) < 4.78 is 79.1. The molecular weight excluding hydrogens is 514 g/mol. The molecule has 0 spiro atoms. The van der Waals surface area contributed by atoms with Gasteiger partial charge >= 0.3 is 18.4 Å². The van der Waals surface area contributed by atoms with Crippen molar-refractivity contribution in [2.45, 2.75) is 85.2 Å². The number of hydrogen-bond donors (Lipinski definition) is 3. The van der Waals surface area contributed by atoms with Crippen LogP contribution in [0.5, 0.6) is 0 Å². The van der Waals surface area contributed by atoms with Crippen LogP contribution in [0, 0.1) is 10.8 Å². The van der Waals surface area contributed by atoms with Gasteiger partial charge in [-0.2, -0.15) is 26.3 Å². The lowest BCUT2D eigenvalue weighted by Crippen LogP contribution is -2.60. The van der Waals surface area contributed by atoms with Crippen LogP contribution >= 0.6 is 0 Å². The number of alkyl halides is 6. The molecule has 2 rings (SSSR count). The molecule has 38 heavy (non-hydrogen) atoms. The van der Waals surface area contributed by atoms with Crippen molar-refractivity contribution in [3.63, 3.8) is 0 Å². The average molecular weight is 553 g/mol. The van der Waals surface area contributed by atoms with Gasteiger partial charge in [0, 0.05) is 18.3 Å². The minimum Gasteiger partial charge on any atom is -0.350 e. The average Bonchev–Trinajstić information content (AvgIpc) is 2.75. The maximum atomic E-state index is 13.4. The molecule has 1 aliphatic rings. The van der Waals surface area contributed by atoms with E-state index in [0.717, 1.165) is 32.4 Å². The molecule has 0 radical (unpaired) electrons. The van der Waals surface area contributed by atoms with Gasteiger partial charge in [-0.1, -0.05) is 48.0 Å². The van der Waals surface area contributed by atoms with Crippen molar-refractivity contribution in [3.8, 4) is 0 Å². The number of likely N-dealkylation sites (tertiary alicyclic amines) is 1. The van der Waals surface area contributed by atoms with E-state index >= 15 is 0 Å². The molecule has 0 bridgehead atoms. The SMILES string of the molecule is CC(C)(C)[C@H](NC(=O)Nc1cc(C(F)(F)F)cc(C(F)(F)F)c1)C(=O)N[C@H](CN1CCCCC1)C(C)(C)C. The van der Waals surface area contributed by atoms with Gasteiger partial charge in [0.2, 0.25) is 5.91 Å². The van der Waals surface area contributed by atoms with E-state index in [1.54, 1.807) is 20.8 Å². The third-order valence-electron chi connectivity index (χ3n) is 6.50. The van der Waals surface area contributed by atoms with E-state index < -0.39 is 52.6 Å². The molecule has 0 unspecified atom stereocenters. The van der Waals surface area contributed by atoms with Gasteiger partial charge in [-0.05, 0) is 55.0 Å². The number of carbonyl (C=O) groups excluding carboxylic acids is 2. The molecule has 1 saturated heterocycles. The number of carbonyl (C=O) groups is 2. The molecule has 2 atom stereocenters. The molecule has 3 N–H and O–H groups in total. The number of amides is 3. The first kappa shape index (κ1) is 31.7. The first-order valence-corrected chi connectivity index (χ1v) is 12.6.